The van der Waals surface area contributed by atoms with Crippen molar-refractivity contribution in [3.05, 3.63) is 53.9 Å². The molecule has 124 valence electrons. The van der Waals surface area contributed by atoms with Gasteiger partial charge >= 0.3 is 6.09 Å². The lowest BCUT2D eigenvalue weighted by molar-refractivity contribution is 0.134. The number of aromatic nitrogens is 1. The van der Waals surface area contributed by atoms with Gasteiger partial charge in [0.15, 0.2) is 5.58 Å². The van der Waals surface area contributed by atoms with Crippen LogP contribution in [-0.4, -0.2) is 27.6 Å². The Labute approximate surface area is 143 Å². The number of nitrogens with zero attached hydrogens (tertiary/aromatic N) is 3. The molecule has 1 fully saturated rings. The second kappa shape index (κ2) is 5.95. The molecule has 1 atom stereocenters. The number of likely N-dealkylation sites (tertiary alicyclic amines) is 1. The fourth-order valence-corrected chi connectivity index (χ4v) is 3.29. The zero-order valence-electron chi connectivity index (χ0n) is 13.3. The number of benzene rings is 2. The van der Waals surface area contributed by atoms with E-state index in [-0.39, 0.29) is 6.04 Å². The first-order chi connectivity index (χ1) is 12.2. The van der Waals surface area contributed by atoms with Crippen molar-refractivity contribution in [2.24, 2.45) is 0 Å². The fourth-order valence-electron chi connectivity index (χ4n) is 3.29. The molecule has 0 saturated carbocycles. The third-order valence-corrected chi connectivity index (χ3v) is 4.51. The van der Waals surface area contributed by atoms with E-state index in [4.69, 9.17) is 9.68 Å². The Morgan fingerprint density at radius 1 is 1.28 bits per heavy atom. The van der Waals surface area contributed by atoms with E-state index in [2.05, 4.69) is 11.1 Å². The summed E-state index contributed by atoms with van der Waals surface area (Å²) in [5.74, 6) is 0.442. The number of oxazole rings is 1. The summed E-state index contributed by atoms with van der Waals surface area (Å²) in [6.45, 7) is 0.505. The van der Waals surface area contributed by atoms with Gasteiger partial charge in [0, 0.05) is 6.54 Å². The van der Waals surface area contributed by atoms with Gasteiger partial charge in [-0.25, -0.2) is 9.78 Å². The molecule has 1 N–H and O–H groups in total. The van der Waals surface area contributed by atoms with Crippen LogP contribution >= 0.6 is 0 Å². The standard InChI is InChI=1S/C19H15N3O3/c20-11-12-3-1-4-13(9-12)14-6-7-17-15(10-14)21-18(25-17)16-5-2-8-22(16)19(23)24/h1,3-4,6-7,9-10,16H,2,5,8H2,(H,23,24)/t16-/m0/s1. The smallest absolute Gasteiger partial charge is 0.407 e. The van der Waals surface area contributed by atoms with Crippen LogP contribution in [0.1, 0.15) is 30.3 Å². The number of carboxylic acid groups (broad SMARTS) is 1. The van der Waals surface area contributed by atoms with E-state index < -0.39 is 6.09 Å². The third kappa shape index (κ3) is 2.70. The van der Waals surface area contributed by atoms with Crippen LogP contribution in [0.5, 0.6) is 0 Å². The van der Waals surface area contributed by atoms with Gasteiger partial charge in [-0.15, -0.1) is 0 Å². The van der Waals surface area contributed by atoms with Crippen LogP contribution < -0.4 is 0 Å². The van der Waals surface area contributed by atoms with Crippen molar-refractivity contribution < 1.29 is 14.3 Å². The second-order valence-corrected chi connectivity index (χ2v) is 6.06. The monoisotopic (exact) mass is 333 g/mol. The molecule has 6 heteroatoms. The van der Waals surface area contributed by atoms with Gasteiger partial charge < -0.3 is 9.52 Å². The van der Waals surface area contributed by atoms with Crippen molar-refractivity contribution in [1.82, 2.24) is 9.88 Å². The molecule has 6 nitrogen and oxygen atoms in total. The number of hydrogen-bond donors (Lipinski definition) is 1. The van der Waals surface area contributed by atoms with Crippen LogP contribution in [-0.2, 0) is 0 Å². The average Bonchev–Trinajstić information content (AvgIpc) is 3.27. The molecule has 25 heavy (non-hydrogen) atoms. The van der Waals surface area contributed by atoms with Gasteiger partial charge in [-0.2, -0.15) is 5.26 Å². The lowest BCUT2D eigenvalue weighted by Crippen LogP contribution is -2.28. The maximum absolute atomic E-state index is 11.3. The Hall–Kier alpha value is -3.33. The molecule has 4 rings (SSSR count). The fraction of sp³-hybridized carbons (Fsp3) is 0.211. The zero-order valence-corrected chi connectivity index (χ0v) is 13.3. The molecule has 0 bridgehead atoms. The summed E-state index contributed by atoms with van der Waals surface area (Å²) in [6, 6.07) is 14.8. The van der Waals surface area contributed by atoms with Crippen LogP contribution in [0.15, 0.2) is 46.9 Å². The first-order valence-corrected chi connectivity index (χ1v) is 8.06. The molecule has 1 aliphatic heterocycles. The Kier molecular flexibility index (Phi) is 3.62. The van der Waals surface area contributed by atoms with E-state index >= 15 is 0 Å². The van der Waals surface area contributed by atoms with Gasteiger partial charge in [0.25, 0.3) is 0 Å². The lowest BCUT2D eigenvalue weighted by Gasteiger charge is -2.17. The molecule has 2 aromatic carbocycles. The number of amides is 1. The van der Waals surface area contributed by atoms with Gasteiger partial charge in [-0.05, 0) is 48.2 Å². The van der Waals surface area contributed by atoms with Gasteiger partial charge in [-0.1, -0.05) is 18.2 Å². The van der Waals surface area contributed by atoms with Crippen molar-refractivity contribution in [3.8, 4) is 17.2 Å². The zero-order chi connectivity index (χ0) is 17.4. The summed E-state index contributed by atoms with van der Waals surface area (Å²) in [5, 5.41) is 18.3. The summed E-state index contributed by atoms with van der Waals surface area (Å²) < 4.78 is 5.80. The van der Waals surface area contributed by atoms with Gasteiger partial charge in [0.1, 0.15) is 11.6 Å². The molecule has 1 saturated heterocycles. The SMILES string of the molecule is N#Cc1cccc(-c2ccc3oc([C@@H]4CCCN4C(=O)O)nc3c2)c1. The van der Waals surface area contributed by atoms with E-state index in [1.54, 1.807) is 6.07 Å². The minimum Gasteiger partial charge on any atom is -0.465 e. The molecule has 0 spiro atoms. The maximum atomic E-state index is 11.3. The quantitative estimate of drug-likeness (QED) is 0.759. The van der Waals surface area contributed by atoms with E-state index in [9.17, 15) is 9.90 Å². The second-order valence-electron chi connectivity index (χ2n) is 6.06. The highest BCUT2D eigenvalue weighted by Crippen LogP contribution is 2.34. The molecule has 2 heterocycles. The van der Waals surface area contributed by atoms with E-state index in [1.807, 2.05) is 36.4 Å². The summed E-state index contributed by atoms with van der Waals surface area (Å²) in [7, 11) is 0. The Bertz CT molecular complexity index is 1000. The molecular weight excluding hydrogens is 318 g/mol. The predicted octanol–water partition coefficient (Wildman–Crippen LogP) is 4.18. The van der Waals surface area contributed by atoms with Crippen LogP contribution in [0.2, 0.25) is 0 Å². The minimum absolute atomic E-state index is 0.324. The molecule has 0 radical (unpaired) electrons. The van der Waals surface area contributed by atoms with E-state index in [0.717, 1.165) is 24.0 Å². The number of carbonyl (C=O) groups is 1. The summed E-state index contributed by atoms with van der Waals surface area (Å²) in [5.41, 5.74) is 3.78. The topological polar surface area (TPSA) is 90.4 Å². The number of rotatable bonds is 2. The van der Waals surface area contributed by atoms with Gasteiger partial charge in [-0.3, -0.25) is 4.90 Å². The normalized spacial score (nSPS) is 16.9. The van der Waals surface area contributed by atoms with E-state index in [1.165, 1.54) is 4.90 Å². The van der Waals surface area contributed by atoms with Crippen molar-refractivity contribution >= 4 is 17.2 Å². The van der Waals surface area contributed by atoms with Crippen molar-refractivity contribution in [2.45, 2.75) is 18.9 Å². The van der Waals surface area contributed by atoms with Crippen molar-refractivity contribution in [2.75, 3.05) is 6.54 Å². The van der Waals surface area contributed by atoms with E-state index in [0.29, 0.717) is 29.1 Å². The number of hydrogen-bond acceptors (Lipinski definition) is 4. The molecule has 0 aliphatic carbocycles. The van der Waals surface area contributed by atoms with Gasteiger partial charge in [0.2, 0.25) is 5.89 Å². The molecule has 1 aromatic heterocycles. The average molecular weight is 333 g/mol. The largest absolute Gasteiger partial charge is 0.465 e. The van der Waals surface area contributed by atoms with Crippen LogP contribution in [0, 0.1) is 11.3 Å². The molecule has 1 aliphatic rings. The Balaban J connectivity index is 1.72. The predicted molar refractivity (Wildman–Crippen MR) is 90.9 cm³/mol. The highest BCUT2D eigenvalue weighted by Gasteiger charge is 2.33. The highest BCUT2D eigenvalue weighted by atomic mass is 16.4. The third-order valence-electron chi connectivity index (χ3n) is 4.51. The minimum atomic E-state index is -0.946. The lowest BCUT2D eigenvalue weighted by atomic mass is 10.0. The molecular formula is C19H15N3O3. The van der Waals surface area contributed by atoms with Crippen LogP contribution in [0.25, 0.3) is 22.2 Å². The first-order valence-electron chi connectivity index (χ1n) is 8.06. The van der Waals surface area contributed by atoms with Crippen LogP contribution in [0.3, 0.4) is 0 Å². The first kappa shape index (κ1) is 15.2. The summed E-state index contributed by atoms with van der Waals surface area (Å²) in [4.78, 5) is 17.2. The molecule has 1 amide bonds. The van der Waals surface area contributed by atoms with Gasteiger partial charge in [0.05, 0.1) is 11.6 Å². The summed E-state index contributed by atoms with van der Waals surface area (Å²) >= 11 is 0. The molecule has 0 unspecified atom stereocenters. The van der Waals surface area contributed by atoms with Crippen molar-refractivity contribution in [1.29, 1.82) is 5.26 Å². The Morgan fingerprint density at radius 3 is 2.92 bits per heavy atom. The maximum Gasteiger partial charge on any atom is 0.407 e. The number of fused-ring (bicyclic) bond motifs is 1. The highest BCUT2D eigenvalue weighted by molar-refractivity contribution is 5.81. The van der Waals surface area contributed by atoms with Crippen molar-refractivity contribution in [3.63, 3.8) is 0 Å². The van der Waals surface area contributed by atoms with Crippen LogP contribution in [0.4, 0.5) is 4.79 Å². The summed E-state index contributed by atoms with van der Waals surface area (Å²) in [6.07, 6.45) is 0.580. The Morgan fingerprint density at radius 2 is 2.12 bits per heavy atom. The molecule has 3 aromatic rings. The number of nitriles is 1.